The Hall–Kier alpha value is -0.860. The lowest BCUT2D eigenvalue weighted by molar-refractivity contribution is 0.0861. The Morgan fingerprint density at radius 2 is 1.90 bits per heavy atom. The fourth-order valence-corrected chi connectivity index (χ4v) is 6.73. The molecule has 2 N–H and O–H groups in total. The molecule has 2 heteroatoms. The fourth-order valence-electron chi connectivity index (χ4n) is 6.73. The van der Waals surface area contributed by atoms with Gasteiger partial charge < -0.3 is 10.2 Å². The van der Waals surface area contributed by atoms with Gasteiger partial charge in [-0.3, -0.25) is 0 Å². The maximum Gasteiger partial charge on any atom is 0.0811 e. The number of rotatable bonds is 6. The van der Waals surface area contributed by atoms with Crippen molar-refractivity contribution in [2.45, 2.75) is 104 Å². The first-order chi connectivity index (χ1) is 13.7. The van der Waals surface area contributed by atoms with Crippen molar-refractivity contribution in [1.29, 1.82) is 0 Å². The highest BCUT2D eigenvalue weighted by Crippen LogP contribution is 2.59. The number of aliphatic hydroxyl groups is 2. The van der Waals surface area contributed by atoms with Crippen LogP contribution in [0, 0.1) is 29.1 Å². The van der Waals surface area contributed by atoms with Crippen molar-refractivity contribution in [3.63, 3.8) is 0 Å². The zero-order valence-electron chi connectivity index (χ0n) is 19.3. The van der Waals surface area contributed by atoms with E-state index in [1.165, 1.54) is 51.4 Å². The summed E-state index contributed by atoms with van der Waals surface area (Å²) in [5.74, 6) is 3.20. The van der Waals surface area contributed by atoms with Gasteiger partial charge >= 0.3 is 0 Å². The minimum absolute atomic E-state index is 0.420. The molecule has 29 heavy (non-hydrogen) atoms. The van der Waals surface area contributed by atoms with Gasteiger partial charge in [0, 0.05) is 6.42 Å². The Balaban J connectivity index is 1.71. The van der Waals surface area contributed by atoms with Crippen molar-refractivity contribution in [1.82, 2.24) is 0 Å². The second-order valence-electron chi connectivity index (χ2n) is 11.0. The van der Waals surface area contributed by atoms with Crippen LogP contribution in [0.5, 0.6) is 0 Å². The van der Waals surface area contributed by atoms with Gasteiger partial charge in [0.1, 0.15) is 0 Å². The Labute approximate surface area is 179 Å². The van der Waals surface area contributed by atoms with Gasteiger partial charge in [0.05, 0.1) is 12.2 Å². The fraction of sp³-hybridized carbons (Fsp3) is 0.778. The maximum atomic E-state index is 10.1. The van der Waals surface area contributed by atoms with Gasteiger partial charge in [0.25, 0.3) is 0 Å². The van der Waals surface area contributed by atoms with Crippen LogP contribution in [0.15, 0.2) is 35.5 Å². The molecule has 0 aromatic heterocycles. The average Bonchev–Trinajstić information content (AvgIpc) is 3.00. The third-order valence-electron chi connectivity index (χ3n) is 8.43. The molecule has 0 unspecified atom stereocenters. The first kappa shape index (κ1) is 22.8. The highest BCUT2D eigenvalue weighted by Gasteiger charge is 2.50. The van der Waals surface area contributed by atoms with E-state index in [1.807, 2.05) is 0 Å². The molecule has 2 nitrogen and oxygen atoms in total. The predicted octanol–water partition coefficient (Wildman–Crippen LogP) is 6.59. The molecule has 0 aliphatic heterocycles. The van der Waals surface area contributed by atoms with Crippen LogP contribution in [0.1, 0.15) is 91.9 Å². The SMILES string of the molecule is C=C1/C(=C\C=C2/CCC[C@]3(C)[C@@H]([C@H](C)CCCC(C)C)CC[C@@H]23)C[C@@H](O)C[C@H]1O. The van der Waals surface area contributed by atoms with E-state index >= 15 is 0 Å². The largest absolute Gasteiger partial charge is 0.393 e. The summed E-state index contributed by atoms with van der Waals surface area (Å²) in [5, 5.41) is 20.2. The quantitative estimate of drug-likeness (QED) is 0.528. The van der Waals surface area contributed by atoms with Crippen LogP contribution in [-0.4, -0.2) is 22.4 Å². The average molecular weight is 401 g/mol. The van der Waals surface area contributed by atoms with Crippen LogP contribution in [0.25, 0.3) is 0 Å². The third-order valence-corrected chi connectivity index (χ3v) is 8.43. The number of allylic oxidation sites excluding steroid dienone is 3. The van der Waals surface area contributed by atoms with Gasteiger partial charge in [-0.15, -0.1) is 0 Å². The molecular formula is C27H44O2. The molecule has 6 atom stereocenters. The zero-order chi connectivity index (χ0) is 21.2. The molecule has 3 rings (SSSR count). The van der Waals surface area contributed by atoms with Crippen molar-refractivity contribution in [3.05, 3.63) is 35.5 Å². The van der Waals surface area contributed by atoms with E-state index in [0.29, 0.717) is 24.2 Å². The minimum Gasteiger partial charge on any atom is -0.393 e. The lowest BCUT2D eigenvalue weighted by atomic mass is 9.60. The molecule has 0 amide bonds. The minimum atomic E-state index is -0.595. The summed E-state index contributed by atoms with van der Waals surface area (Å²) in [7, 11) is 0. The van der Waals surface area contributed by atoms with Crippen molar-refractivity contribution in [2.75, 3.05) is 0 Å². The van der Waals surface area contributed by atoms with Crippen LogP contribution in [0.3, 0.4) is 0 Å². The highest BCUT2D eigenvalue weighted by molar-refractivity contribution is 5.38. The number of aliphatic hydroxyl groups excluding tert-OH is 2. The number of hydrogen-bond acceptors (Lipinski definition) is 2. The van der Waals surface area contributed by atoms with Crippen LogP contribution in [0.4, 0.5) is 0 Å². The summed E-state index contributed by atoms with van der Waals surface area (Å²) >= 11 is 0. The summed E-state index contributed by atoms with van der Waals surface area (Å²) in [6, 6.07) is 0. The van der Waals surface area contributed by atoms with E-state index in [2.05, 4.69) is 46.4 Å². The lowest BCUT2D eigenvalue weighted by Gasteiger charge is -2.44. The van der Waals surface area contributed by atoms with Crippen LogP contribution >= 0.6 is 0 Å². The lowest BCUT2D eigenvalue weighted by Crippen LogP contribution is -2.36. The molecule has 0 spiro atoms. The first-order valence-corrected chi connectivity index (χ1v) is 12.2. The van der Waals surface area contributed by atoms with Crippen molar-refractivity contribution in [3.8, 4) is 0 Å². The molecule has 0 aromatic carbocycles. The highest BCUT2D eigenvalue weighted by atomic mass is 16.3. The molecule has 0 radical (unpaired) electrons. The summed E-state index contributed by atoms with van der Waals surface area (Å²) in [6.45, 7) is 13.8. The predicted molar refractivity (Wildman–Crippen MR) is 123 cm³/mol. The van der Waals surface area contributed by atoms with Crippen molar-refractivity contribution >= 4 is 0 Å². The topological polar surface area (TPSA) is 40.5 Å². The summed E-state index contributed by atoms with van der Waals surface area (Å²) in [5.41, 5.74) is 3.88. The molecule has 3 aliphatic carbocycles. The molecule has 0 aromatic rings. The van der Waals surface area contributed by atoms with E-state index in [1.54, 1.807) is 5.57 Å². The first-order valence-electron chi connectivity index (χ1n) is 12.2. The zero-order valence-corrected chi connectivity index (χ0v) is 19.3. The number of hydrogen-bond donors (Lipinski definition) is 2. The van der Waals surface area contributed by atoms with Gasteiger partial charge in [-0.1, -0.05) is 71.3 Å². The van der Waals surface area contributed by atoms with Gasteiger partial charge in [-0.25, -0.2) is 0 Å². The summed E-state index contributed by atoms with van der Waals surface area (Å²) < 4.78 is 0. The molecule has 3 saturated carbocycles. The Morgan fingerprint density at radius 1 is 1.14 bits per heavy atom. The van der Waals surface area contributed by atoms with E-state index in [4.69, 9.17) is 0 Å². The Kier molecular flexibility index (Phi) is 7.49. The van der Waals surface area contributed by atoms with Crippen LogP contribution in [0.2, 0.25) is 0 Å². The van der Waals surface area contributed by atoms with Crippen LogP contribution in [-0.2, 0) is 0 Å². The number of fused-ring (bicyclic) bond motifs is 1. The van der Waals surface area contributed by atoms with Gasteiger partial charge in [-0.05, 0) is 78.8 Å². The third kappa shape index (κ3) is 5.07. The Morgan fingerprint density at radius 3 is 2.62 bits per heavy atom. The van der Waals surface area contributed by atoms with E-state index < -0.39 is 12.2 Å². The smallest absolute Gasteiger partial charge is 0.0811 e. The van der Waals surface area contributed by atoms with Crippen LogP contribution < -0.4 is 0 Å². The van der Waals surface area contributed by atoms with E-state index in [0.717, 1.165) is 28.9 Å². The van der Waals surface area contributed by atoms with E-state index in [-0.39, 0.29) is 0 Å². The summed E-state index contributed by atoms with van der Waals surface area (Å²) in [6.07, 6.45) is 15.2. The Bertz CT molecular complexity index is 643. The van der Waals surface area contributed by atoms with E-state index in [9.17, 15) is 10.2 Å². The standard InChI is InChI=1S/C27H44O2/c1-18(2)8-6-9-19(3)24-13-14-25-21(10-7-15-27(24,25)5)11-12-22-16-23(28)17-26(29)20(22)4/h11-12,18-19,23-26,28-29H,4,6-10,13-17H2,1-3,5H3/b21-11+,22-12-/t19-,23-,24-,25+,26-,27-/m1/s1. The monoisotopic (exact) mass is 400 g/mol. The van der Waals surface area contributed by atoms with Crippen molar-refractivity contribution < 1.29 is 10.2 Å². The second-order valence-corrected chi connectivity index (χ2v) is 11.0. The van der Waals surface area contributed by atoms with Gasteiger partial charge in [0.15, 0.2) is 0 Å². The normalized spacial score (nSPS) is 39.3. The summed E-state index contributed by atoms with van der Waals surface area (Å²) in [4.78, 5) is 0. The molecular weight excluding hydrogens is 356 g/mol. The molecule has 3 aliphatic rings. The maximum absolute atomic E-state index is 10.1. The molecule has 3 fully saturated rings. The molecule has 0 heterocycles. The molecule has 0 saturated heterocycles. The van der Waals surface area contributed by atoms with Gasteiger partial charge in [-0.2, -0.15) is 0 Å². The second kappa shape index (κ2) is 9.52. The van der Waals surface area contributed by atoms with Gasteiger partial charge in [0.2, 0.25) is 0 Å². The molecule has 164 valence electrons. The van der Waals surface area contributed by atoms with Crippen molar-refractivity contribution in [2.24, 2.45) is 29.1 Å². The molecule has 0 bridgehead atoms.